The number of imidazole rings is 2. The van der Waals surface area contributed by atoms with E-state index in [1.54, 1.807) is 22.9 Å². The highest BCUT2D eigenvalue weighted by Gasteiger charge is 2.39. The number of nitrogens with zero attached hydrogens (tertiary/aromatic N) is 5. The largest absolute Gasteiger partial charge is 0.453 e. The zero-order valence-corrected chi connectivity index (χ0v) is 36.3. The second-order valence-electron chi connectivity index (χ2n) is 17.5. The molecule has 3 aromatic carbocycles. The van der Waals surface area contributed by atoms with Gasteiger partial charge in [0.1, 0.15) is 23.7 Å². The number of ether oxygens (including phenoxy) is 1. The van der Waals surface area contributed by atoms with E-state index in [1.165, 1.54) is 7.11 Å². The first kappa shape index (κ1) is 43.2. The molecule has 0 saturated carbocycles. The van der Waals surface area contributed by atoms with E-state index in [2.05, 4.69) is 74.1 Å². The fourth-order valence-corrected chi connectivity index (χ4v) is 9.00. The van der Waals surface area contributed by atoms with E-state index in [9.17, 15) is 24.3 Å². The lowest BCUT2D eigenvalue weighted by Crippen LogP contribution is -2.51. The number of hydrogen-bond acceptors (Lipinski definition) is 8. The second-order valence-corrected chi connectivity index (χ2v) is 17.5. The average Bonchev–Trinajstić information content (AvgIpc) is 4.15. The summed E-state index contributed by atoms with van der Waals surface area (Å²) in [4.78, 5) is 75.1. The van der Waals surface area contributed by atoms with Crippen molar-refractivity contribution in [2.45, 2.75) is 89.1 Å². The summed E-state index contributed by atoms with van der Waals surface area (Å²) >= 11 is 0. The molecule has 5 aromatic rings. The average molecular weight is 856 g/mol. The summed E-state index contributed by atoms with van der Waals surface area (Å²) in [5, 5.41) is 16.1. The zero-order chi connectivity index (χ0) is 44.3. The highest BCUT2D eigenvalue weighted by atomic mass is 16.5. The first-order chi connectivity index (χ1) is 30.4. The third-order valence-corrected chi connectivity index (χ3v) is 12.8. The van der Waals surface area contributed by atoms with Gasteiger partial charge in [0.15, 0.2) is 0 Å². The van der Waals surface area contributed by atoms with Crippen LogP contribution in [0.15, 0.2) is 91.3 Å². The maximum Gasteiger partial charge on any atom is 0.407 e. The monoisotopic (exact) mass is 855 g/mol. The predicted octanol–water partition coefficient (Wildman–Crippen LogP) is 7.14. The van der Waals surface area contributed by atoms with Gasteiger partial charge in [-0.2, -0.15) is 0 Å². The number of aliphatic hydroxyl groups is 1. The van der Waals surface area contributed by atoms with Gasteiger partial charge < -0.3 is 45.1 Å². The van der Waals surface area contributed by atoms with Crippen LogP contribution < -0.4 is 10.6 Å². The first-order valence-corrected chi connectivity index (χ1v) is 22.0. The van der Waals surface area contributed by atoms with Crippen LogP contribution in [-0.2, 0) is 14.3 Å². The highest BCUT2D eigenvalue weighted by Crippen LogP contribution is 2.36. The van der Waals surface area contributed by atoms with E-state index in [0.29, 0.717) is 50.4 Å². The number of rotatable bonds is 11. The van der Waals surface area contributed by atoms with Gasteiger partial charge in [0.05, 0.1) is 48.6 Å². The minimum Gasteiger partial charge on any atom is -0.453 e. The zero-order valence-electron chi connectivity index (χ0n) is 36.3. The van der Waals surface area contributed by atoms with Crippen LogP contribution in [-0.4, -0.2) is 109 Å². The molecule has 0 bridgehead atoms. The van der Waals surface area contributed by atoms with Crippen molar-refractivity contribution in [1.82, 2.24) is 45.3 Å². The Balaban J connectivity index is 0.915. The van der Waals surface area contributed by atoms with Crippen LogP contribution in [0.5, 0.6) is 0 Å². The molecule has 15 heteroatoms. The number of hydrogen-bond donors (Lipinski definition) is 5. The van der Waals surface area contributed by atoms with Crippen molar-refractivity contribution in [3.63, 3.8) is 0 Å². The molecule has 3 aliphatic rings. The quantitative estimate of drug-likeness (QED) is 0.0927. The van der Waals surface area contributed by atoms with Gasteiger partial charge in [0.2, 0.25) is 11.8 Å². The van der Waals surface area contributed by atoms with Crippen LogP contribution in [0, 0.1) is 5.92 Å². The Kier molecular flexibility index (Phi) is 12.7. The van der Waals surface area contributed by atoms with E-state index in [4.69, 9.17) is 9.72 Å². The predicted molar refractivity (Wildman–Crippen MR) is 238 cm³/mol. The molecule has 0 unspecified atom stereocenters. The molecule has 5 N–H and O–H groups in total. The molecule has 15 nitrogen and oxygen atoms in total. The summed E-state index contributed by atoms with van der Waals surface area (Å²) in [5.74, 6) is 0.988. The number of alkyl carbamates (subject to hydrolysis) is 1. The third kappa shape index (κ3) is 9.48. The lowest BCUT2D eigenvalue weighted by Gasteiger charge is -2.37. The van der Waals surface area contributed by atoms with Crippen LogP contribution in [0.2, 0.25) is 0 Å². The number of urea groups is 1. The number of benzene rings is 3. The van der Waals surface area contributed by atoms with Gasteiger partial charge in [0, 0.05) is 26.2 Å². The van der Waals surface area contributed by atoms with E-state index in [-0.39, 0.29) is 35.8 Å². The van der Waals surface area contributed by atoms with E-state index in [0.717, 1.165) is 65.1 Å². The molecule has 0 aliphatic carbocycles. The smallest absolute Gasteiger partial charge is 0.407 e. The van der Waals surface area contributed by atoms with Gasteiger partial charge >= 0.3 is 12.1 Å². The summed E-state index contributed by atoms with van der Waals surface area (Å²) in [7, 11) is 1.29. The Morgan fingerprint density at radius 3 is 1.70 bits per heavy atom. The number of aromatic amines is 2. The fourth-order valence-electron chi connectivity index (χ4n) is 9.00. The van der Waals surface area contributed by atoms with Crippen LogP contribution in [0.3, 0.4) is 0 Å². The molecule has 4 atom stereocenters. The minimum atomic E-state index is -0.864. The van der Waals surface area contributed by atoms with Crippen LogP contribution in [0.1, 0.15) is 94.6 Å². The molecule has 3 fully saturated rings. The molecule has 0 spiro atoms. The van der Waals surface area contributed by atoms with Gasteiger partial charge in [-0.25, -0.2) is 19.6 Å². The topological polar surface area (TPSA) is 189 Å². The number of H-pyrrole nitrogens is 2. The molecule has 8 rings (SSSR count). The van der Waals surface area contributed by atoms with Crippen LogP contribution in [0.4, 0.5) is 9.59 Å². The first-order valence-electron chi connectivity index (χ1n) is 22.0. The van der Waals surface area contributed by atoms with Gasteiger partial charge in [-0.05, 0) is 79.2 Å². The number of likely N-dealkylation sites (tertiary alicyclic amines) is 3. The van der Waals surface area contributed by atoms with Crippen LogP contribution in [0.25, 0.3) is 33.6 Å². The van der Waals surface area contributed by atoms with E-state index < -0.39 is 23.8 Å². The third-order valence-electron chi connectivity index (χ3n) is 12.8. The number of piperidine rings is 1. The van der Waals surface area contributed by atoms with Crippen LogP contribution >= 0.6 is 0 Å². The van der Waals surface area contributed by atoms with Crippen molar-refractivity contribution in [1.29, 1.82) is 0 Å². The minimum absolute atomic E-state index is 0.111. The summed E-state index contributed by atoms with van der Waals surface area (Å²) in [6, 6.07) is 23.5. The van der Waals surface area contributed by atoms with Crippen molar-refractivity contribution < 1.29 is 29.0 Å². The molecular formula is C48H57N9O6. The summed E-state index contributed by atoms with van der Waals surface area (Å²) in [5.41, 5.74) is 5.64. The SMILES string of the molecule is COC(=O)N[C@H](C(=O)N1CCC[C@H]1c1ncc(-c2ccc(-c3ccc(-c4cnc([C@@H]5CCCN5C(=O)[C@H](NC(=O)N5CCC(C)(O)CC5)c5ccccc5)[nH]4)cc3)cc2)[nH]1)C(C)C. The molecular weight excluding hydrogens is 799 g/mol. The number of aromatic nitrogens is 4. The lowest BCUT2D eigenvalue weighted by atomic mass is 9.94. The Hall–Kier alpha value is -6.48. The number of methoxy groups -OCH3 is 1. The number of carbonyl (C=O) groups excluding carboxylic acids is 4. The van der Waals surface area contributed by atoms with E-state index >= 15 is 0 Å². The molecule has 5 heterocycles. The summed E-state index contributed by atoms with van der Waals surface area (Å²) in [6.45, 7) is 7.57. The molecule has 5 amide bonds. The Morgan fingerprint density at radius 1 is 0.714 bits per heavy atom. The molecule has 2 aromatic heterocycles. The number of nitrogens with one attached hydrogen (secondary N) is 4. The van der Waals surface area contributed by atoms with Crippen molar-refractivity contribution in [3.8, 4) is 33.6 Å². The highest BCUT2D eigenvalue weighted by molar-refractivity contribution is 5.89. The number of carbonyl (C=O) groups is 4. The van der Waals surface area contributed by atoms with Crippen molar-refractivity contribution in [2.24, 2.45) is 5.92 Å². The van der Waals surface area contributed by atoms with E-state index in [1.807, 2.05) is 55.3 Å². The van der Waals surface area contributed by atoms with Crippen molar-refractivity contribution in [2.75, 3.05) is 33.3 Å². The van der Waals surface area contributed by atoms with Gasteiger partial charge in [-0.1, -0.05) is 92.7 Å². The molecule has 330 valence electrons. The fraction of sp³-hybridized carbons (Fsp3) is 0.417. The number of amides is 5. The Bertz CT molecular complexity index is 2380. The van der Waals surface area contributed by atoms with Crippen molar-refractivity contribution >= 4 is 23.9 Å². The van der Waals surface area contributed by atoms with Gasteiger partial charge in [-0.3, -0.25) is 9.59 Å². The normalized spacial score (nSPS) is 19.5. The standard InChI is InChI=1S/C48H57N9O6/c1-30(2)40(54-47(61)63-4)44(58)56-24-8-12-38(56)42-49-28-36(51-42)33-18-14-31(15-19-33)32-16-20-34(21-17-32)37-29-50-43(52-37)39-13-9-25-57(39)45(59)41(35-10-6-5-7-11-35)53-46(60)55-26-22-48(3,62)23-27-55/h5-7,10-11,14-21,28-30,38-41,62H,8-9,12-13,22-27H2,1-4H3,(H,49,51)(H,50,52)(H,53,60)(H,54,61)/t38-,39-,40-,41+/m0/s1. The maximum atomic E-state index is 14.3. The van der Waals surface area contributed by atoms with Gasteiger partial charge in [0.25, 0.3) is 0 Å². The summed E-state index contributed by atoms with van der Waals surface area (Å²) in [6.07, 6.45) is 7.13. The lowest BCUT2D eigenvalue weighted by molar-refractivity contribution is -0.135. The summed E-state index contributed by atoms with van der Waals surface area (Å²) < 4.78 is 4.77. The Morgan fingerprint density at radius 2 is 1.21 bits per heavy atom. The van der Waals surface area contributed by atoms with Crippen molar-refractivity contribution in [3.05, 3.63) is 108 Å². The Labute approximate surface area is 367 Å². The van der Waals surface area contributed by atoms with Gasteiger partial charge in [-0.15, -0.1) is 0 Å². The molecule has 3 aliphatic heterocycles. The second kappa shape index (κ2) is 18.5. The molecule has 3 saturated heterocycles. The molecule has 0 radical (unpaired) electrons. The molecule has 63 heavy (non-hydrogen) atoms. The maximum absolute atomic E-state index is 14.3.